The molecular weight excluding hydrogens is 368 g/mol. The monoisotopic (exact) mass is 384 g/mol. The lowest BCUT2D eigenvalue weighted by Crippen LogP contribution is -2.48. The summed E-state index contributed by atoms with van der Waals surface area (Å²) in [6.45, 7) is 0. The Labute approximate surface area is 148 Å². The molecule has 1 aliphatic carbocycles. The Morgan fingerprint density at radius 2 is 2.12 bits per heavy atom. The highest BCUT2D eigenvalue weighted by Crippen LogP contribution is 2.34. The van der Waals surface area contributed by atoms with E-state index < -0.39 is 16.1 Å². The Kier molecular flexibility index (Phi) is 4.02. The van der Waals surface area contributed by atoms with Crippen LogP contribution in [0, 0.1) is 0 Å². The van der Waals surface area contributed by atoms with Crippen molar-refractivity contribution < 1.29 is 13.2 Å². The van der Waals surface area contributed by atoms with Gasteiger partial charge in [0.25, 0.3) is 0 Å². The van der Waals surface area contributed by atoms with Gasteiger partial charge < -0.3 is 4.90 Å². The second kappa shape index (κ2) is 5.94. The standard InChI is InChI=1S/C14H16N4O3S3/c1-17(9-5-6-9)14(19)11-7-22-8-18(11)24(20,21)12-4-2-3-10-13(12)16-23-15-10/h2-4,9,11H,5-8H2,1H3. The van der Waals surface area contributed by atoms with Gasteiger partial charge in [-0.3, -0.25) is 4.79 Å². The molecule has 7 nitrogen and oxygen atoms in total. The molecule has 2 fully saturated rings. The maximum absolute atomic E-state index is 13.1. The molecule has 0 spiro atoms. The van der Waals surface area contributed by atoms with Gasteiger partial charge in [-0.15, -0.1) is 11.8 Å². The fourth-order valence-electron chi connectivity index (χ4n) is 2.85. The van der Waals surface area contributed by atoms with E-state index in [9.17, 15) is 13.2 Å². The Bertz CT molecular complexity index is 894. The molecule has 0 N–H and O–H groups in total. The lowest BCUT2D eigenvalue weighted by Gasteiger charge is -2.26. The number of fused-ring (bicyclic) bond motifs is 1. The lowest BCUT2D eigenvalue weighted by molar-refractivity contribution is -0.133. The van der Waals surface area contributed by atoms with Gasteiger partial charge in [0, 0.05) is 18.8 Å². The number of hydrogen-bond acceptors (Lipinski definition) is 7. The molecule has 1 unspecified atom stereocenters. The number of thioether (sulfide) groups is 1. The third-order valence-electron chi connectivity index (χ3n) is 4.40. The molecule has 1 aliphatic heterocycles. The van der Waals surface area contributed by atoms with Gasteiger partial charge in [0.2, 0.25) is 15.9 Å². The number of hydrogen-bond donors (Lipinski definition) is 0. The molecule has 2 aliphatic rings. The summed E-state index contributed by atoms with van der Waals surface area (Å²) in [6.07, 6.45) is 2.00. The zero-order valence-corrected chi connectivity index (χ0v) is 15.4. The molecule has 1 atom stereocenters. The highest BCUT2D eigenvalue weighted by Gasteiger charge is 2.44. The number of benzene rings is 1. The van der Waals surface area contributed by atoms with Crippen molar-refractivity contribution in [2.75, 3.05) is 18.7 Å². The van der Waals surface area contributed by atoms with Crippen molar-refractivity contribution in [3.63, 3.8) is 0 Å². The predicted molar refractivity (Wildman–Crippen MR) is 93.3 cm³/mol. The summed E-state index contributed by atoms with van der Waals surface area (Å²) in [7, 11) is -2.04. The molecule has 1 amide bonds. The molecule has 1 saturated heterocycles. The van der Waals surface area contributed by atoms with Crippen LogP contribution in [0.4, 0.5) is 0 Å². The van der Waals surface area contributed by atoms with Crippen molar-refractivity contribution in [1.29, 1.82) is 0 Å². The average Bonchev–Trinajstić information content (AvgIpc) is 3.11. The van der Waals surface area contributed by atoms with Crippen LogP contribution in [0.1, 0.15) is 12.8 Å². The van der Waals surface area contributed by atoms with E-state index in [0.29, 0.717) is 16.8 Å². The molecule has 1 saturated carbocycles. The first-order valence-corrected chi connectivity index (χ1v) is 10.9. The number of amides is 1. The van der Waals surface area contributed by atoms with Gasteiger partial charge in [0.1, 0.15) is 22.0 Å². The number of likely N-dealkylation sites (N-methyl/N-ethyl adjacent to an activating group) is 1. The predicted octanol–water partition coefficient (Wildman–Crippen LogP) is 1.38. The maximum Gasteiger partial charge on any atom is 0.246 e. The topological polar surface area (TPSA) is 83.5 Å². The van der Waals surface area contributed by atoms with Gasteiger partial charge in [-0.25, -0.2) is 8.42 Å². The molecule has 4 rings (SSSR count). The van der Waals surface area contributed by atoms with E-state index >= 15 is 0 Å². The summed E-state index contributed by atoms with van der Waals surface area (Å²) in [5.74, 6) is 0.653. The van der Waals surface area contributed by atoms with Gasteiger partial charge in [-0.05, 0) is 25.0 Å². The second-order valence-corrected chi connectivity index (χ2v) is 9.36. The van der Waals surface area contributed by atoms with Crippen molar-refractivity contribution in [2.45, 2.75) is 29.8 Å². The molecule has 0 radical (unpaired) electrons. The SMILES string of the molecule is CN(C(=O)C1CSCN1S(=O)(=O)c1cccc2nsnc12)C1CC1. The smallest absolute Gasteiger partial charge is 0.246 e. The van der Waals surface area contributed by atoms with Crippen LogP contribution in [0.5, 0.6) is 0 Å². The largest absolute Gasteiger partial charge is 0.341 e. The van der Waals surface area contributed by atoms with Crippen LogP contribution in [0.3, 0.4) is 0 Å². The Morgan fingerprint density at radius 3 is 2.88 bits per heavy atom. The quantitative estimate of drug-likeness (QED) is 0.792. The van der Waals surface area contributed by atoms with E-state index in [2.05, 4.69) is 8.75 Å². The molecule has 2 heterocycles. The minimum Gasteiger partial charge on any atom is -0.341 e. The first-order chi connectivity index (χ1) is 11.5. The molecule has 10 heteroatoms. The minimum atomic E-state index is -3.80. The normalized spacial score (nSPS) is 22.1. The molecule has 0 bridgehead atoms. The van der Waals surface area contributed by atoms with Gasteiger partial charge in [-0.2, -0.15) is 13.1 Å². The minimum absolute atomic E-state index is 0.116. The second-order valence-electron chi connectivity index (χ2n) is 5.98. The number of carbonyl (C=O) groups is 1. The highest BCUT2D eigenvalue weighted by atomic mass is 32.2. The van der Waals surface area contributed by atoms with E-state index in [1.54, 1.807) is 24.1 Å². The molecule has 128 valence electrons. The van der Waals surface area contributed by atoms with E-state index in [4.69, 9.17) is 0 Å². The molecule has 1 aromatic carbocycles. The van der Waals surface area contributed by atoms with E-state index in [0.717, 1.165) is 24.6 Å². The average molecular weight is 385 g/mol. The van der Waals surface area contributed by atoms with Gasteiger partial charge in [0.05, 0.1) is 17.6 Å². The summed E-state index contributed by atoms with van der Waals surface area (Å²) in [6, 6.07) is 4.55. The highest BCUT2D eigenvalue weighted by molar-refractivity contribution is 8.00. The molecule has 2 aromatic rings. The van der Waals surface area contributed by atoms with E-state index in [1.807, 2.05) is 0 Å². The van der Waals surface area contributed by atoms with Crippen molar-refractivity contribution in [2.24, 2.45) is 0 Å². The van der Waals surface area contributed by atoms with Gasteiger partial charge in [-0.1, -0.05) is 6.07 Å². The van der Waals surface area contributed by atoms with Crippen LogP contribution in [-0.2, 0) is 14.8 Å². The lowest BCUT2D eigenvalue weighted by atomic mass is 10.3. The Hall–Kier alpha value is -1.23. The van der Waals surface area contributed by atoms with Crippen LogP contribution >= 0.6 is 23.5 Å². The van der Waals surface area contributed by atoms with Crippen LogP contribution in [0.2, 0.25) is 0 Å². The summed E-state index contributed by atoms with van der Waals surface area (Å²) in [5, 5.41) is 0. The Balaban J connectivity index is 1.70. The number of rotatable bonds is 4. The fourth-order valence-corrected chi connectivity index (χ4v) is 6.74. The number of carbonyl (C=O) groups excluding carboxylic acids is 1. The number of sulfonamides is 1. The first kappa shape index (κ1) is 16.2. The van der Waals surface area contributed by atoms with Crippen molar-refractivity contribution in [3.05, 3.63) is 18.2 Å². The molecule has 24 heavy (non-hydrogen) atoms. The summed E-state index contributed by atoms with van der Waals surface area (Å²) >= 11 is 2.45. The van der Waals surface area contributed by atoms with Crippen LogP contribution in [0.15, 0.2) is 23.1 Å². The number of aromatic nitrogens is 2. The van der Waals surface area contributed by atoms with Crippen molar-refractivity contribution in [1.82, 2.24) is 18.0 Å². The fraction of sp³-hybridized carbons (Fsp3) is 0.500. The van der Waals surface area contributed by atoms with E-state index in [-0.39, 0.29) is 22.7 Å². The Morgan fingerprint density at radius 1 is 1.33 bits per heavy atom. The summed E-state index contributed by atoms with van der Waals surface area (Å²) in [4.78, 5) is 14.5. The van der Waals surface area contributed by atoms with Gasteiger partial charge in [0.15, 0.2) is 0 Å². The zero-order valence-electron chi connectivity index (χ0n) is 13.0. The maximum atomic E-state index is 13.1. The molecular formula is C14H16N4O3S3. The van der Waals surface area contributed by atoms with Crippen molar-refractivity contribution in [3.8, 4) is 0 Å². The third kappa shape index (κ3) is 2.61. The zero-order chi connectivity index (χ0) is 16.9. The van der Waals surface area contributed by atoms with Crippen molar-refractivity contribution >= 4 is 50.5 Å². The third-order valence-corrected chi connectivity index (χ3v) is 8.01. The van der Waals surface area contributed by atoms with Gasteiger partial charge >= 0.3 is 0 Å². The summed E-state index contributed by atoms with van der Waals surface area (Å²) < 4.78 is 35.8. The van der Waals surface area contributed by atoms with Crippen LogP contribution in [-0.4, -0.2) is 63.0 Å². The number of nitrogens with zero attached hydrogens (tertiary/aromatic N) is 4. The van der Waals surface area contributed by atoms with Crippen LogP contribution < -0.4 is 0 Å². The molecule has 1 aromatic heterocycles. The summed E-state index contributed by atoms with van der Waals surface area (Å²) in [5.41, 5.74) is 0.937. The van der Waals surface area contributed by atoms with Crippen LogP contribution in [0.25, 0.3) is 11.0 Å². The van der Waals surface area contributed by atoms with E-state index in [1.165, 1.54) is 22.1 Å². The first-order valence-electron chi connectivity index (χ1n) is 7.57.